The average molecular weight is 248 g/mol. The Morgan fingerprint density at radius 2 is 1.17 bits per heavy atom. The number of aliphatic hydroxyl groups is 2. The van der Waals surface area contributed by atoms with Gasteiger partial charge in [-0.1, -0.05) is 23.3 Å². The number of hydrogen-bond acceptors (Lipinski definition) is 2. The molecule has 0 amide bonds. The van der Waals surface area contributed by atoms with Gasteiger partial charge in [-0.2, -0.15) is 0 Å². The van der Waals surface area contributed by atoms with Crippen molar-refractivity contribution in [3.63, 3.8) is 0 Å². The van der Waals surface area contributed by atoms with E-state index in [1.807, 2.05) is 0 Å². The van der Waals surface area contributed by atoms with Crippen LogP contribution in [0.4, 0.5) is 0 Å². The van der Waals surface area contributed by atoms with Crippen molar-refractivity contribution in [1.82, 2.24) is 0 Å². The molecule has 0 aromatic heterocycles. The fourth-order valence-corrected chi connectivity index (χ4v) is 4.41. The fraction of sp³-hybridized carbons (Fsp3) is 0.750. The van der Waals surface area contributed by atoms with Crippen molar-refractivity contribution in [3.8, 4) is 0 Å². The van der Waals surface area contributed by atoms with Crippen LogP contribution in [0.5, 0.6) is 0 Å². The predicted molar refractivity (Wildman–Crippen MR) is 72.0 cm³/mol. The SMILES string of the molecule is CC1=CCC2C(O)C3CC(C)=CCC3C(O)C2C1. The number of hydrogen-bond donors (Lipinski definition) is 2. The number of allylic oxidation sites excluding steroid dienone is 4. The van der Waals surface area contributed by atoms with Crippen molar-refractivity contribution in [1.29, 1.82) is 0 Å². The summed E-state index contributed by atoms with van der Waals surface area (Å²) in [6.07, 6.45) is 7.88. The molecular weight excluding hydrogens is 224 g/mol. The average Bonchev–Trinajstić information content (AvgIpc) is 2.36. The fourth-order valence-electron chi connectivity index (χ4n) is 4.41. The van der Waals surface area contributed by atoms with Gasteiger partial charge in [0.2, 0.25) is 0 Å². The van der Waals surface area contributed by atoms with Crippen molar-refractivity contribution in [2.24, 2.45) is 23.7 Å². The Bertz CT molecular complexity index is 358. The maximum absolute atomic E-state index is 10.7. The van der Waals surface area contributed by atoms with Gasteiger partial charge in [-0.05, 0) is 63.2 Å². The van der Waals surface area contributed by atoms with E-state index >= 15 is 0 Å². The first-order valence-electron chi connectivity index (χ1n) is 7.25. The molecule has 0 radical (unpaired) electrons. The summed E-state index contributed by atoms with van der Waals surface area (Å²) >= 11 is 0. The van der Waals surface area contributed by atoms with Crippen LogP contribution in [0.2, 0.25) is 0 Å². The molecule has 100 valence electrons. The first kappa shape index (κ1) is 12.4. The molecule has 0 spiro atoms. The minimum absolute atomic E-state index is 0.226. The topological polar surface area (TPSA) is 40.5 Å². The third-order valence-corrected chi connectivity index (χ3v) is 5.45. The standard InChI is InChI=1S/C16H24O2/c1-9-3-5-11-13(7-9)15(17)12-6-4-10(2)8-14(12)16(11)18/h3-4,11-18H,5-8H2,1-2H3. The highest BCUT2D eigenvalue weighted by atomic mass is 16.3. The Morgan fingerprint density at radius 3 is 1.56 bits per heavy atom. The van der Waals surface area contributed by atoms with Gasteiger partial charge in [-0.25, -0.2) is 0 Å². The third kappa shape index (κ3) is 1.86. The quantitative estimate of drug-likeness (QED) is 0.647. The zero-order chi connectivity index (χ0) is 12.9. The van der Waals surface area contributed by atoms with E-state index in [1.165, 1.54) is 11.1 Å². The summed E-state index contributed by atoms with van der Waals surface area (Å²) in [6.45, 7) is 4.29. The van der Waals surface area contributed by atoms with Crippen LogP contribution in [0, 0.1) is 23.7 Å². The molecule has 0 bridgehead atoms. The van der Waals surface area contributed by atoms with Gasteiger partial charge in [-0.3, -0.25) is 0 Å². The lowest BCUT2D eigenvalue weighted by Crippen LogP contribution is -2.53. The van der Waals surface area contributed by atoms with Crippen LogP contribution in [-0.4, -0.2) is 22.4 Å². The summed E-state index contributed by atoms with van der Waals surface area (Å²) in [5.41, 5.74) is 2.76. The number of rotatable bonds is 0. The molecule has 0 aliphatic heterocycles. The smallest absolute Gasteiger partial charge is 0.0610 e. The lowest BCUT2D eigenvalue weighted by Gasteiger charge is -2.51. The monoisotopic (exact) mass is 248 g/mol. The molecule has 0 aromatic carbocycles. The predicted octanol–water partition coefficient (Wildman–Crippen LogP) is 2.67. The minimum Gasteiger partial charge on any atom is -0.393 e. The van der Waals surface area contributed by atoms with E-state index in [0.717, 1.165) is 25.7 Å². The molecule has 0 aromatic rings. The second-order valence-electron chi connectivity index (χ2n) is 6.62. The Labute approximate surface area is 109 Å². The Morgan fingerprint density at radius 1 is 0.778 bits per heavy atom. The summed E-state index contributed by atoms with van der Waals surface area (Å²) in [6, 6.07) is 0. The van der Waals surface area contributed by atoms with Crippen molar-refractivity contribution < 1.29 is 10.2 Å². The normalized spacial score (nSPS) is 47.8. The zero-order valence-corrected chi connectivity index (χ0v) is 11.3. The number of fused-ring (bicyclic) bond motifs is 2. The lowest BCUT2D eigenvalue weighted by atomic mass is 9.57. The molecule has 3 aliphatic rings. The molecule has 1 saturated carbocycles. The van der Waals surface area contributed by atoms with Crippen molar-refractivity contribution >= 4 is 0 Å². The van der Waals surface area contributed by atoms with Crippen LogP contribution in [0.1, 0.15) is 39.5 Å². The molecule has 0 heterocycles. The summed E-state index contributed by atoms with van der Waals surface area (Å²) in [5.74, 6) is 1.10. The Balaban J connectivity index is 1.89. The molecule has 2 heteroatoms. The van der Waals surface area contributed by atoms with Crippen LogP contribution >= 0.6 is 0 Å². The van der Waals surface area contributed by atoms with E-state index in [9.17, 15) is 10.2 Å². The van der Waals surface area contributed by atoms with E-state index in [0.29, 0.717) is 0 Å². The van der Waals surface area contributed by atoms with Gasteiger partial charge in [-0.15, -0.1) is 0 Å². The Kier molecular flexibility index (Phi) is 3.11. The summed E-state index contributed by atoms with van der Waals surface area (Å²) in [4.78, 5) is 0. The third-order valence-electron chi connectivity index (χ3n) is 5.45. The van der Waals surface area contributed by atoms with Crippen LogP contribution in [0.15, 0.2) is 23.3 Å². The highest BCUT2D eigenvalue weighted by Crippen LogP contribution is 2.49. The van der Waals surface area contributed by atoms with E-state index in [-0.39, 0.29) is 35.9 Å². The molecule has 3 aliphatic carbocycles. The molecule has 3 rings (SSSR count). The van der Waals surface area contributed by atoms with E-state index in [4.69, 9.17) is 0 Å². The molecule has 6 atom stereocenters. The van der Waals surface area contributed by atoms with E-state index in [1.54, 1.807) is 0 Å². The summed E-state index contributed by atoms with van der Waals surface area (Å²) in [5, 5.41) is 21.3. The van der Waals surface area contributed by atoms with Crippen LogP contribution in [0.3, 0.4) is 0 Å². The van der Waals surface area contributed by atoms with Gasteiger partial charge in [0, 0.05) is 0 Å². The van der Waals surface area contributed by atoms with Gasteiger partial charge in [0.25, 0.3) is 0 Å². The van der Waals surface area contributed by atoms with Gasteiger partial charge in [0.05, 0.1) is 12.2 Å². The van der Waals surface area contributed by atoms with Crippen LogP contribution < -0.4 is 0 Å². The maximum Gasteiger partial charge on any atom is 0.0610 e. The number of aliphatic hydroxyl groups excluding tert-OH is 2. The molecule has 18 heavy (non-hydrogen) atoms. The highest BCUT2D eigenvalue weighted by molar-refractivity contribution is 5.16. The highest BCUT2D eigenvalue weighted by Gasteiger charge is 2.49. The lowest BCUT2D eigenvalue weighted by molar-refractivity contribution is -0.121. The van der Waals surface area contributed by atoms with Gasteiger partial charge < -0.3 is 10.2 Å². The van der Waals surface area contributed by atoms with Crippen molar-refractivity contribution in [2.75, 3.05) is 0 Å². The molecule has 6 unspecified atom stereocenters. The van der Waals surface area contributed by atoms with Gasteiger partial charge in [0.15, 0.2) is 0 Å². The second-order valence-corrected chi connectivity index (χ2v) is 6.62. The van der Waals surface area contributed by atoms with Crippen LogP contribution in [0.25, 0.3) is 0 Å². The largest absolute Gasteiger partial charge is 0.393 e. The molecular formula is C16H24O2. The summed E-state index contributed by atoms with van der Waals surface area (Å²) < 4.78 is 0. The zero-order valence-electron chi connectivity index (χ0n) is 11.3. The first-order valence-corrected chi connectivity index (χ1v) is 7.25. The minimum atomic E-state index is -0.226. The van der Waals surface area contributed by atoms with Gasteiger partial charge >= 0.3 is 0 Å². The first-order chi connectivity index (χ1) is 8.58. The van der Waals surface area contributed by atoms with Crippen LogP contribution in [-0.2, 0) is 0 Å². The van der Waals surface area contributed by atoms with E-state index < -0.39 is 0 Å². The molecule has 2 nitrogen and oxygen atoms in total. The van der Waals surface area contributed by atoms with Gasteiger partial charge in [0.1, 0.15) is 0 Å². The maximum atomic E-state index is 10.7. The summed E-state index contributed by atoms with van der Waals surface area (Å²) in [7, 11) is 0. The molecule has 0 saturated heterocycles. The van der Waals surface area contributed by atoms with E-state index in [2.05, 4.69) is 26.0 Å². The molecule has 1 fully saturated rings. The Hall–Kier alpha value is -0.600. The second kappa shape index (κ2) is 4.50. The molecule has 2 N–H and O–H groups in total. The van der Waals surface area contributed by atoms with Crippen molar-refractivity contribution in [3.05, 3.63) is 23.3 Å². The van der Waals surface area contributed by atoms with Crippen molar-refractivity contribution in [2.45, 2.75) is 51.7 Å².